The van der Waals surface area contributed by atoms with Crippen LogP contribution in [0.5, 0.6) is 0 Å². The van der Waals surface area contributed by atoms with Crippen LogP contribution >= 0.6 is 0 Å². The third-order valence-electron chi connectivity index (χ3n) is 11.5. The first-order valence-corrected chi connectivity index (χ1v) is 20.8. The minimum absolute atomic E-state index is 0.496. The van der Waals surface area contributed by atoms with Crippen LogP contribution in [0.3, 0.4) is 0 Å². The number of allylic oxidation sites excluding steroid dienone is 1. The number of nitriles is 1. The van der Waals surface area contributed by atoms with E-state index in [1.807, 2.05) is 86.1 Å². The van der Waals surface area contributed by atoms with E-state index < -0.39 is 0 Å². The number of hydrogen-bond donors (Lipinski definition) is 0. The van der Waals surface area contributed by atoms with Crippen molar-refractivity contribution in [3.8, 4) is 62.7 Å². The van der Waals surface area contributed by atoms with E-state index in [0.29, 0.717) is 28.9 Å². The van der Waals surface area contributed by atoms with Gasteiger partial charge in [-0.25, -0.2) is 39.9 Å². The maximum Gasteiger partial charge on any atom is 0.159 e. The number of benzene rings is 5. The van der Waals surface area contributed by atoms with Gasteiger partial charge in [0, 0.05) is 98.3 Å². The number of aliphatic imine (C=N–C) groups is 2. The predicted octanol–water partition coefficient (Wildman–Crippen LogP) is 11.2. The second-order valence-corrected chi connectivity index (χ2v) is 15.1. The van der Waals surface area contributed by atoms with Crippen molar-refractivity contribution in [2.24, 2.45) is 9.98 Å². The van der Waals surface area contributed by atoms with Gasteiger partial charge in [-0.1, -0.05) is 24.3 Å². The first kappa shape index (κ1) is 38.6. The van der Waals surface area contributed by atoms with E-state index in [1.165, 1.54) is 0 Å². The Morgan fingerprint density at radius 1 is 0.569 bits per heavy atom. The van der Waals surface area contributed by atoms with Gasteiger partial charge < -0.3 is 9.13 Å². The average Bonchev–Trinajstić information content (AvgIpc) is 3.88. The number of pyridine rings is 1. The monoisotopic (exact) mass is 838 g/mol. The highest BCUT2D eigenvalue weighted by molar-refractivity contribution is 6.15. The standard InChI is InChI=1S/C53H34N12/c1-3-19-57-50(55-2)33-11-15-43-39(26-33)40-27-34(51-58-20-6-21-59-51)12-16-44(40)64(43)47-31-56-32-48(49(47)38-10-5-4-9-37(38)30-54)65-45-17-13-35(52-60-22-7-23-61-52)28-41(45)42-29-36(14-18-46(42)65)53-62-24-8-25-63-53/h3-29,31-32H,2H2,1H3/b19-3-,57-50-. The van der Waals surface area contributed by atoms with Crippen molar-refractivity contribution in [3.05, 3.63) is 188 Å². The summed E-state index contributed by atoms with van der Waals surface area (Å²) >= 11 is 0. The molecule has 65 heavy (non-hydrogen) atoms. The summed E-state index contributed by atoms with van der Waals surface area (Å²) in [6, 6.07) is 40.6. The van der Waals surface area contributed by atoms with Crippen LogP contribution in [-0.2, 0) is 0 Å². The van der Waals surface area contributed by atoms with Gasteiger partial charge in [0.25, 0.3) is 0 Å². The van der Waals surface area contributed by atoms with Crippen LogP contribution in [0.25, 0.3) is 100 Å². The molecule has 0 aliphatic carbocycles. The van der Waals surface area contributed by atoms with Crippen LogP contribution < -0.4 is 0 Å². The quantitative estimate of drug-likeness (QED) is 0.108. The molecule has 0 saturated carbocycles. The molecule has 12 nitrogen and oxygen atoms in total. The molecule has 0 fully saturated rings. The van der Waals surface area contributed by atoms with Crippen LogP contribution in [-0.4, -0.2) is 56.6 Å². The normalized spacial score (nSPS) is 11.8. The number of amidine groups is 1. The maximum absolute atomic E-state index is 10.7. The molecule has 0 aliphatic rings. The zero-order chi connectivity index (χ0) is 43.9. The van der Waals surface area contributed by atoms with Gasteiger partial charge in [0.05, 0.1) is 57.5 Å². The van der Waals surface area contributed by atoms with Gasteiger partial charge in [-0.15, -0.1) is 0 Å². The number of nitrogens with zero attached hydrogens (tertiary/aromatic N) is 12. The van der Waals surface area contributed by atoms with Crippen LogP contribution in [0.15, 0.2) is 187 Å². The highest BCUT2D eigenvalue weighted by Gasteiger charge is 2.25. The van der Waals surface area contributed by atoms with E-state index in [2.05, 4.69) is 110 Å². The average molecular weight is 839 g/mol. The van der Waals surface area contributed by atoms with Gasteiger partial charge in [0.1, 0.15) is 0 Å². The van der Waals surface area contributed by atoms with E-state index >= 15 is 0 Å². The summed E-state index contributed by atoms with van der Waals surface area (Å²) in [7, 11) is 0. The van der Waals surface area contributed by atoms with Crippen LogP contribution in [0.2, 0.25) is 0 Å². The number of fused-ring (bicyclic) bond motifs is 6. The summed E-state index contributed by atoms with van der Waals surface area (Å²) < 4.78 is 4.45. The van der Waals surface area contributed by atoms with Crippen molar-refractivity contribution in [3.63, 3.8) is 0 Å². The topological polar surface area (TPSA) is 149 Å². The van der Waals surface area contributed by atoms with E-state index in [9.17, 15) is 5.26 Å². The molecule has 0 bridgehead atoms. The van der Waals surface area contributed by atoms with Crippen molar-refractivity contribution >= 4 is 56.2 Å². The number of aromatic nitrogens is 9. The molecule has 11 rings (SSSR count). The Labute approximate surface area is 372 Å². The molecule has 6 aromatic heterocycles. The van der Waals surface area contributed by atoms with Crippen molar-refractivity contribution in [2.75, 3.05) is 0 Å². The molecule has 0 aliphatic heterocycles. The summed E-state index contributed by atoms with van der Waals surface area (Å²) in [4.78, 5) is 41.3. The van der Waals surface area contributed by atoms with E-state index in [4.69, 9.17) is 4.98 Å². The molecule has 0 atom stereocenters. The van der Waals surface area contributed by atoms with Gasteiger partial charge in [0.15, 0.2) is 23.3 Å². The molecule has 0 unspecified atom stereocenters. The minimum atomic E-state index is 0.496. The number of hydrogen-bond acceptors (Lipinski definition) is 9. The van der Waals surface area contributed by atoms with Gasteiger partial charge in [-0.05, 0) is 111 Å². The molecule has 12 heteroatoms. The third kappa shape index (κ3) is 6.59. The highest BCUT2D eigenvalue weighted by Crippen LogP contribution is 2.44. The van der Waals surface area contributed by atoms with Crippen molar-refractivity contribution in [1.82, 2.24) is 44.0 Å². The molecular weight excluding hydrogens is 805 g/mol. The first-order valence-electron chi connectivity index (χ1n) is 20.8. The lowest BCUT2D eigenvalue weighted by Crippen LogP contribution is -2.06. The Bertz CT molecular complexity index is 3660. The van der Waals surface area contributed by atoms with Crippen molar-refractivity contribution < 1.29 is 0 Å². The lowest BCUT2D eigenvalue weighted by Gasteiger charge is -2.20. The molecule has 6 heterocycles. The molecule has 0 N–H and O–H groups in total. The van der Waals surface area contributed by atoms with Gasteiger partial charge in [-0.2, -0.15) is 5.26 Å². The summed E-state index contributed by atoms with van der Waals surface area (Å²) in [5.41, 5.74) is 10.7. The number of rotatable bonds is 8. The van der Waals surface area contributed by atoms with E-state index in [1.54, 1.807) is 49.4 Å². The fraction of sp³-hybridized carbons (Fsp3) is 0.0189. The molecular formula is C53H34N12. The lowest BCUT2D eigenvalue weighted by atomic mass is 9.97. The van der Waals surface area contributed by atoms with Gasteiger partial charge in [0.2, 0.25) is 0 Å². The predicted molar refractivity (Wildman–Crippen MR) is 257 cm³/mol. The molecule has 0 saturated heterocycles. The second-order valence-electron chi connectivity index (χ2n) is 15.1. The Hall–Kier alpha value is -9.34. The Morgan fingerprint density at radius 2 is 1.02 bits per heavy atom. The summed E-state index contributed by atoms with van der Waals surface area (Å²) in [5.74, 6) is 2.34. The summed E-state index contributed by atoms with van der Waals surface area (Å²) in [5, 5.41) is 14.6. The minimum Gasteiger partial charge on any atom is -0.307 e. The van der Waals surface area contributed by atoms with E-state index in [-0.39, 0.29) is 0 Å². The van der Waals surface area contributed by atoms with Crippen molar-refractivity contribution in [2.45, 2.75) is 6.92 Å². The van der Waals surface area contributed by atoms with E-state index in [0.717, 1.165) is 88.4 Å². The van der Waals surface area contributed by atoms with Crippen molar-refractivity contribution in [1.29, 1.82) is 5.26 Å². The SMILES string of the molecule is C=N/C(=N\C=C/C)c1ccc2c(c1)c1cc(-c3ncccn3)ccc1n2-c1cncc(-n2c3ccc(-c4ncccn4)cc3c3cc(-c4ncccn4)ccc32)c1-c1ccccc1C#N. The van der Waals surface area contributed by atoms with Gasteiger partial charge in [-0.3, -0.25) is 4.98 Å². The van der Waals surface area contributed by atoms with Crippen LogP contribution in [0.1, 0.15) is 18.1 Å². The summed E-state index contributed by atoms with van der Waals surface area (Å²) in [6.07, 6.45) is 17.8. The Morgan fingerprint density at radius 3 is 1.46 bits per heavy atom. The zero-order valence-corrected chi connectivity index (χ0v) is 34.8. The second kappa shape index (κ2) is 16.2. The molecule has 5 aromatic carbocycles. The molecule has 306 valence electrons. The fourth-order valence-corrected chi connectivity index (χ4v) is 8.67. The smallest absolute Gasteiger partial charge is 0.159 e. The third-order valence-corrected chi connectivity index (χ3v) is 11.5. The van der Waals surface area contributed by atoms with Crippen LogP contribution in [0, 0.1) is 11.3 Å². The van der Waals surface area contributed by atoms with Crippen LogP contribution in [0.4, 0.5) is 0 Å². The largest absolute Gasteiger partial charge is 0.307 e. The first-order chi connectivity index (χ1) is 32.1. The molecule has 0 radical (unpaired) electrons. The fourth-order valence-electron chi connectivity index (χ4n) is 8.67. The lowest BCUT2D eigenvalue weighted by molar-refractivity contribution is 1.09. The Balaban J connectivity index is 1.25. The maximum atomic E-state index is 10.7. The Kier molecular flexibility index (Phi) is 9.60. The zero-order valence-electron chi connectivity index (χ0n) is 34.8. The van der Waals surface area contributed by atoms with Gasteiger partial charge >= 0.3 is 0 Å². The summed E-state index contributed by atoms with van der Waals surface area (Å²) in [6.45, 7) is 5.74. The molecule has 11 aromatic rings. The molecule has 0 amide bonds. The highest BCUT2D eigenvalue weighted by atomic mass is 15.0. The molecule has 0 spiro atoms.